The van der Waals surface area contributed by atoms with Gasteiger partial charge in [0.25, 0.3) is 0 Å². The van der Waals surface area contributed by atoms with Crippen molar-refractivity contribution in [3.63, 3.8) is 0 Å². The Morgan fingerprint density at radius 1 is 0.692 bits per heavy atom. The van der Waals surface area contributed by atoms with Crippen molar-refractivity contribution in [2.24, 2.45) is 0 Å². The van der Waals surface area contributed by atoms with Gasteiger partial charge in [-0.25, -0.2) is 0 Å². The van der Waals surface area contributed by atoms with Gasteiger partial charge < -0.3 is 0 Å². The Balaban J connectivity index is 1.82. The van der Waals surface area contributed by atoms with E-state index in [2.05, 4.69) is 59.6 Å². The fourth-order valence-electron chi connectivity index (χ4n) is 2.30. The van der Waals surface area contributed by atoms with Crippen LogP contribution in [0, 0.1) is 0 Å². The molecular formula is C22H20O2Se2. The van der Waals surface area contributed by atoms with E-state index in [-0.39, 0.29) is 29.9 Å². The standard InChI is InChI=1S/C22H20O2Se2/c1-23-18-8-12-20(13-9-18)25-16-22(17-6-4-3-5-7-17)26-21-14-10-19(24-2)11-15-21/h3-16H,1-2H3/b22-16+. The van der Waals surface area contributed by atoms with Crippen molar-refractivity contribution in [1.82, 2.24) is 0 Å². The van der Waals surface area contributed by atoms with Crippen molar-refractivity contribution < 1.29 is 9.47 Å². The minimum absolute atomic E-state index is 0.252. The topological polar surface area (TPSA) is 18.5 Å². The molecule has 26 heavy (non-hydrogen) atoms. The van der Waals surface area contributed by atoms with Crippen LogP contribution in [-0.2, 0) is 0 Å². The van der Waals surface area contributed by atoms with Crippen LogP contribution in [0.1, 0.15) is 5.56 Å². The predicted molar refractivity (Wildman–Crippen MR) is 111 cm³/mol. The van der Waals surface area contributed by atoms with E-state index < -0.39 is 0 Å². The molecule has 3 aromatic carbocycles. The molecule has 2 nitrogen and oxygen atoms in total. The first-order chi connectivity index (χ1) is 12.8. The van der Waals surface area contributed by atoms with Crippen molar-refractivity contribution >= 4 is 43.3 Å². The number of benzene rings is 3. The van der Waals surface area contributed by atoms with Crippen LogP contribution in [0.3, 0.4) is 0 Å². The first kappa shape index (κ1) is 18.8. The molecule has 0 N–H and O–H groups in total. The molecule has 0 atom stereocenters. The Hall–Kier alpha value is -1.96. The summed E-state index contributed by atoms with van der Waals surface area (Å²) in [5.74, 6) is 1.80. The molecule has 0 unspecified atom stereocenters. The molecule has 3 aromatic rings. The Morgan fingerprint density at radius 2 is 1.23 bits per heavy atom. The van der Waals surface area contributed by atoms with Crippen LogP contribution < -0.4 is 18.4 Å². The Labute approximate surface area is 167 Å². The monoisotopic (exact) mass is 476 g/mol. The molecule has 4 heteroatoms. The summed E-state index contributed by atoms with van der Waals surface area (Å²) in [7, 11) is 3.40. The zero-order chi connectivity index (χ0) is 18.2. The van der Waals surface area contributed by atoms with Gasteiger partial charge >= 0.3 is 168 Å². The summed E-state index contributed by atoms with van der Waals surface area (Å²) in [6.45, 7) is 0. The molecule has 3 rings (SSSR count). The van der Waals surface area contributed by atoms with E-state index >= 15 is 0 Å². The molecule has 0 saturated carbocycles. The molecule has 0 amide bonds. The van der Waals surface area contributed by atoms with Crippen LogP contribution in [0.15, 0.2) is 83.8 Å². The maximum atomic E-state index is 5.27. The molecule has 0 saturated heterocycles. The second-order valence-electron chi connectivity index (χ2n) is 5.42. The molecule has 0 aliphatic rings. The molecule has 0 heterocycles. The zero-order valence-corrected chi connectivity index (χ0v) is 18.1. The average Bonchev–Trinajstić information content (AvgIpc) is 2.72. The summed E-state index contributed by atoms with van der Waals surface area (Å²) in [6, 6.07) is 27.4. The summed E-state index contributed by atoms with van der Waals surface area (Å²) < 4.78 is 14.6. The Bertz CT molecular complexity index is 842. The predicted octanol–water partition coefficient (Wildman–Crippen LogP) is 3.06. The van der Waals surface area contributed by atoms with Crippen LogP contribution in [-0.4, -0.2) is 44.1 Å². The molecule has 0 spiro atoms. The van der Waals surface area contributed by atoms with Crippen LogP contribution >= 0.6 is 0 Å². The van der Waals surface area contributed by atoms with E-state index in [4.69, 9.17) is 9.47 Å². The van der Waals surface area contributed by atoms with Crippen LogP contribution in [0.25, 0.3) is 4.47 Å². The van der Waals surface area contributed by atoms with E-state index in [9.17, 15) is 0 Å². The van der Waals surface area contributed by atoms with E-state index in [1.165, 1.54) is 19.0 Å². The first-order valence-electron chi connectivity index (χ1n) is 8.16. The number of ether oxygens (including phenoxy) is 2. The Kier molecular flexibility index (Phi) is 6.99. The van der Waals surface area contributed by atoms with Crippen molar-refractivity contribution in [2.45, 2.75) is 0 Å². The summed E-state index contributed by atoms with van der Waals surface area (Å²) in [6.07, 6.45) is 0. The number of hydrogen-bond donors (Lipinski definition) is 0. The zero-order valence-electron chi connectivity index (χ0n) is 14.7. The molecular weight excluding hydrogens is 454 g/mol. The molecule has 0 aliphatic heterocycles. The first-order valence-corrected chi connectivity index (χ1v) is 11.7. The van der Waals surface area contributed by atoms with E-state index in [0.717, 1.165) is 11.5 Å². The van der Waals surface area contributed by atoms with Gasteiger partial charge in [0, 0.05) is 0 Å². The third-order valence-electron chi connectivity index (χ3n) is 3.71. The van der Waals surface area contributed by atoms with E-state index in [1.807, 2.05) is 24.3 Å². The fraction of sp³-hybridized carbons (Fsp3) is 0.0909. The summed E-state index contributed by atoms with van der Waals surface area (Å²) in [5.41, 5.74) is 1.30. The van der Waals surface area contributed by atoms with Gasteiger partial charge in [0.15, 0.2) is 0 Å². The van der Waals surface area contributed by atoms with E-state index in [1.54, 1.807) is 14.2 Å². The van der Waals surface area contributed by atoms with Crippen LogP contribution in [0.4, 0.5) is 0 Å². The molecule has 0 aliphatic carbocycles. The van der Waals surface area contributed by atoms with Crippen molar-refractivity contribution in [1.29, 1.82) is 0 Å². The average molecular weight is 474 g/mol. The van der Waals surface area contributed by atoms with Gasteiger partial charge in [0.1, 0.15) is 0 Å². The fourth-order valence-corrected chi connectivity index (χ4v) is 6.50. The second kappa shape index (κ2) is 9.66. The summed E-state index contributed by atoms with van der Waals surface area (Å²) in [5, 5.41) is 0. The van der Waals surface area contributed by atoms with Crippen molar-refractivity contribution in [3.8, 4) is 11.5 Å². The maximum absolute atomic E-state index is 5.27. The SMILES string of the molecule is COc1ccc([Se]/C=C(/[Se]c2ccc(OC)cc2)c2ccccc2)cc1. The third kappa shape index (κ3) is 5.27. The molecule has 0 bridgehead atoms. The molecule has 132 valence electrons. The summed E-state index contributed by atoms with van der Waals surface area (Å²) >= 11 is 0.535. The molecule has 0 aromatic heterocycles. The van der Waals surface area contributed by atoms with Crippen LogP contribution in [0.5, 0.6) is 11.5 Å². The second-order valence-corrected chi connectivity index (χ2v) is 9.74. The van der Waals surface area contributed by atoms with Crippen molar-refractivity contribution in [3.05, 3.63) is 89.4 Å². The van der Waals surface area contributed by atoms with Crippen molar-refractivity contribution in [2.75, 3.05) is 14.2 Å². The quantitative estimate of drug-likeness (QED) is 0.491. The van der Waals surface area contributed by atoms with Gasteiger partial charge in [-0.2, -0.15) is 0 Å². The van der Waals surface area contributed by atoms with Gasteiger partial charge in [0.05, 0.1) is 0 Å². The molecule has 0 radical (unpaired) electrons. The van der Waals surface area contributed by atoms with Gasteiger partial charge in [0.2, 0.25) is 0 Å². The number of methoxy groups -OCH3 is 2. The third-order valence-corrected chi connectivity index (χ3v) is 8.62. The minimum atomic E-state index is 0.252. The van der Waals surface area contributed by atoms with Gasteiger partial charge in [-0.05, 0) is 0 Å². The number of hydrogen-bond acceptors (Lipinski definition) is 2. The van der Waals surface area contributed by atoms with Gasteiger partial charge in [-0.15, -0.1) is 0 Å². The van der Waals surface area contributed by atoms with E-state index in [0.29, 0.717) is 0 Å². The summed E-state index contributed by atoms with van der Waals surface area (Å²) in [4.78, 5) is 2.41. The van der Waals surface area contributed by atoms with Gasteiger partial charge in [-0.1, -0.05) is 0 Å². The Morgan fingerprint density at radius 3 is 1.77 bits per heavy atom. The van der Waals surface area contributed by atoms with Crippen LogP contribution in [0.2, 0.25) is 0 Å². The normalized spacial score (nSPS) is 11.2. The molecule has 0 fully saturated rings. The number of rotatable bonds is 7. The van der Waals surface area contributed by atoms with Gasteiger partial charge in [-0.3, -0.25) is 0 Å².